The van der Waals surface area contributed by atoms with Gasteiger partial charge >= 0.3 is 0 Å². The molecule has 0 atom stereocenters. The van der Waals surface area contributed by atoms with Crippen LogP contribution in [0.25, 0.3) is 0 Å². The van der Waals surface area contributed by atoms with Gasteiger partial charge in [0, 0.05) is 17.8 Å². The van der Waals surface area contributed by atoms with E-state index >= 15 is 0 Å². The third-order valence-electron chi connectivity index (χ3n) is 2.73. The maximum absolute atomic E-state index is 12.5. The maximum Gasteiger partial charge on any atom is 0.278 e. The minimum atomic E-state index is -0.923. The Bertz CT molecular complexity index is 629. The second-order valence-electron chi connectivity index (χ2n) is 4.11. The van der Waals surface area contributed by atoms with Crippen molar-refractivity contribution in [2.75, 3.05) is 11.9 Å². The third-order valence-corrected chi connectivity index (χ3v) is 2.73. The Morgan fingerprint density at radius 3 is 2.67 bits per heavy atom. The van der Waals surface area contributed by atoms with Crippen molar-refractivity contribution in [2.45, 2.75) is 6.92 Å². The van der Waals surface area contributed by atoms with Crippen LogP contribution in [0.2, 0.25) is 0 Å². The van der Waals surface area contributed by atoms with Gasteiger partial charge in [0.1, 0.15) is 5.75 Å². The highest BCUT2D eigenvalue weighted by atomic mass is 19.1. The predicted molar refractivity (Wildman–Crippen MR) is 80.5 cm³/mol. The van der Waals surface area contributed by atoms with Crippen LogP contribution in [-0.2, 0) is 0 Å². The molecule has 0 aliphatic carbocycles. The number of benzene rings is 2. The van der Waals surface area contributed by atoms with Gasteiger partial charge in [-0.05, 0) is 31.2 Å². The van der Waals surface area contributed by atoms with Crippen molar-refractivity contribution in [1.82, 2.24) is 0 Å². The standard InChI is InChI=1S/C16H15FN2O2/c1-2-18-19(16(20)13-7-4-3-5-8-13)14-9-6-10-15(11-14)21-12-17/h2-11H,12H2,1H3/b18-2-. The van der Waals surface area contributed by atoms with E-state index in [-0.39, 0.29) is 5.91 Å². The number of carbonyl (C=O) groups is 1. The monoisotopic (exact) mass is 286 g/mol. The summed E-state index contributed by atoms with van der Waals surface area (Å²) in [6.45, 7) is 0.792. The average Bonchev–Trinajstić information content (AvgIpc) is 2.53. The molecule has 2 aromatic carbocycles. The van der Waals surface area contributed by atoms with Crippen LogP contribution in [0.3, 0.4) is 0 Å². The summed E-state index contributed by atoms with van der Waals surface area (Å²) < 4.78 is 17.1. The summed E-state index contributed by atoms with van der Waals surface area (Å²) in [4.78, 5) is 12.5. The molecular formula is C16H15FN2O2. The molecule has 0 N–H and O–H groups in total. The van der Waals surface area contributed by atoms with Gasteiger partial charge in [-0.1, -0.05) is 24.3 Å². The minimum Gasteiger partial charge on any atom is -0.463 e. The van der Waals surface area contributed by atoms with Crippen molar-refractivity contribution < 1.29 is 13.9 Å². The molecule has 0 aromatic heterocycles. The number of hydrogen-bond donors (Lipinski definition) is 0. The molecule has 0 saturated heterocycles. The highest BCUT2D eigenvalue weighted by Crippen LogP contribution is 2.23. The molecule has 4 nitrogen and oxygen atoms in total. The fraction of sp³-hybridized carbons (Fsp3) is 0.125. The second kappa shape index (κ2) is 7.19. The van der Waals surface area contributed by atoms with Crippen molar-refractivity contribution in [1.29, 1.82) is 0 Å². The molecule has 2 aromatic rings. The molecule has 0 spiro atoms. The van der Waals surface area contributed by atoms with Crippen molar-refractivity contribution in [3.63, 3.8) is 0 Å². The molecule has 0 fully saturated rings. The van der Waals surface area contributed by atoms with Gasteiger partial charge in [-0.25, -0.2) is 4.39 Å². The van der Waals surface area contributed by atoms with Gasteiger partial charge < -0.3 is 4.74 Å². The Balaban J connectivity index is 2.35. The van der Waals surface area contributed by atoms with Crippen LogP contribution in [0.5, 0.6) is 5.75 Å². The fourth-order valence-corrected chi connectivity index (χ4v) is 1.82. The highest BCUT2D eigenvalue weighted by molar-refractivity contribution is 6.06. The van der Waals surface area contributed by atoms with E-state index in [2.05, 4.69) is 5.10 Å². The van der Waals surface area contributed by atoms with Gasteiger partial charge in [0.25, 0.3) is 5.91 Å². The van der Waals surface area contributed by atoms with Crippen LogP contribution < -0.4 is 9.75 Å². The smallest absolute Gasteiger partial charge is 0.278 e. The Morgan fingerprint density at radius 1 is 1.24 bits per heavy atom. The molecule has 2 rings (SSSR count). The number of anilines is 1. The molecule has 0 saturated carbocycles. The summed E-state index contributed by atoms with van der Waals surface area (Å²) in [5.74, 6) is 0.0678. The van der Waals surface area contributed by atoms with E-state index in [0.29, 0.717) is 17.0 Å². The fourth-order valence-electron chi connectivity index (χ4n) is 1.82. The van der Waals surface area contributed by atoms with Crippen LogP contribution in [0.4, 0.5) is 10.1 Å². The molecule has 0 radical (unpaired) electrons. The van der Waals surface area contributed by atoms with E-state index in [4.69, 9.17) is 4.74 Å². The lowest BCUT2D eigenvalue weighted by Gasteiger charge is -2.17. The SMILES string of the molecule is C/C=N\N(C(=O)c1ccccc1)c1cccc(OCF)c1. The number of amides is 1. The highest BCUT2D eigenvalue weighted by Gasteiger charge is 2.17. The molecule has 5 heteroatoms. The normalized spacial score (nSPS) is 10.6. The third kappa shape index (κ3) is 3.66. The van der Waals surface area contributed by atoms with Gasteiger partial charge in [0.05, 0.1) is 5.69 Å². The van der Waals surface area contributed by atoms with Crippen LogP contribution in [0.15, 0.2) is 59.7 Å². The van der Waals surface area contributed by atoms with Crippen molar-refractivity contribution in [3.8, 4) is 5.75 Å². The van der Waals surface area contributed by atoms with Gasteiger partial charge in [0.15, 0.2) is 0 Å². The Hall–Kier alpha value is -2.69. The number of hydrazone groups is 1. The number of ether oxygens (including phenoxy) is 1. The molecule has 0 aliphatic heterocycles. The lowest BCUT2D eigenvalue weighted by Crippen LogP contribution is -2.25. The first-order valence-electron chi connectivity index (χ1n) is 6.43. The summed E-state index contributed by atoms with van der Waals surface area (Å²) >= 11 is 0. The van der Waals surface area contributed by atoms with Gasteiger partial charge in [-0.2, -0.15) is 10.1 Å². The first-order valence-corrected chi connectivity index (χ1v) is 6.43. The van der Waals surface area contributed by atoms with Crippen molar-refractivity contribution in [3.05, 3.63) is 60.2 Å². The van der Waals surface area contributed by atoms with Gasteiger partial charge in [-0.3, -0.25) is 4.79 Å². The summed E-state index contributed by atoms with van der Waals surface area (Å²) in [6, 6.07) is 15.4. The number of halogens is 1. The average molecular weight is 286 g/mol. The van der Waals surface area contributed by atoms with E-state index in [1.807, 2.05) is 6.07 Å². The van der Waals surface area contributed by atoms with E-state index in [1.54, 1.807) is 55.5 Å². The molecule has 0 unspecified atom stereocenters. The number of alkyl halides is 1. The number of hydrogen-bond acceptors (Lipinski definition) is 3. The topological polar surface area (TPSA) is 41.9 Å². The predicted octanol–water partition coefficient (Wildman–Crippen LogP) is 3.64. The van der Waals surface area contributed by atoms with Crippen LogP contribution in [0.1, 0.15) is 17.3 Å². The lowest BCUT2D eigenvalue weighted by atomic mass is 10.2. The number of rotatable bonds is 5. The zero-order valence-corrected chi connectivity index (χ0v) is 11.6. The molecule has 0 heterocycles. The largest absolute Gasteiger partial charge is 0.463 e. The Labute approximate surface area is 122 Å². The van der Waals surface area contributed by atoms with Crippen molar-refractivity contribution >= 4 is 17.8 Å². The number of nitrogens with zero attached hydrogens (tertiary/aromatic N) is 2. The maximum atomic E-state index is 12.5. The summed E-state index contributed by atoms with van der Waals surface area (Å²) in [6.07, 6.45) is 1.52. The quantitative estimate of drug-likeness (QED) is 0.622. The van der Waals surface area contributed by atoms with E-state index < -0.39 is 6.86 Å². The van der Waals surface area contributed by atoms with Crippen LogP contribution in [-0.4, -0.2) is 19.0 Å². The first kappa shape index (κ1) is 14.7. The zero-order chi connectivity index (χ0) is 15.1. The van der Waals surface area contributed by atoms with Crippen molar-refractivity contribution in [2.24, 2.45) is 5.10 Å². The Kier molecular flexibility index (Phi) is 5.04. The first-order chi connectivity index (χ1) is 10.3. The second-order valence-corrected chi connectivity index (χ2v) is 4.11. The van der Waals surface area contributed by atoms with Gasteiger partial charge in [-0.15, -0.1) is 0 Å². The molecule has 0 aliphatic rings. The molecular weight excluding hydrogens is 271 g/mol. The summed E-state index contributed by atoms with van der Waals surface area (Å²) in [7, 11) is 0. The number of carbonyl (C=O) groups excluding carboxylic acids is 1. The molecule has 0 bridgehead atoms. The molecule has 21 heavy (non-hydrogen) atoms. The molecule has 108 valence electrons. The summed E-state index contributed by atoms with van der Waals surface area (Å²) in [5, 5.41) is 5.33. The summed E-state index contributed by atoms with van der Waals surface area (Å²) in [5.41, 5.74) is 1.02. The lowest BCUT2D eigenvalue weighted by molar-refractivity contribution is 0.0988. The van der Waals surface area contributed by atoms with Crippen LogP contribution in [0, 0.1) is 0 Å². The van der Waals surface area contributed by atoms with E-state index in [0.717, 1.165) is 0 Å². The zero-order valence-electron chi connectivity index (χ0n) is 11.6. The Morgan fingerprint density at radius 2 is 2.00 bits per heavy atom. The van der Waals surface area contributed by atoms with Gasteiger partial charge in [0.2, 0.25) is 6.86 Å². The van der Waals surface area contributed by atoms with E-state index in [9.17, 15) is 9.18 Å². The van der Waals surface area contributed by atoms with Crippen LogP contribution >= 0.6 is 0 Å². The van der Waals surface area contributed by atoms with E-state index in [1.165, 1.54) is 11.2 Å². The minimum absolute atomic E-state index is 0.272. The molecule has 1 amide bonds.